The molecule has 0 spiro atoms. The summed E-state index contributed by atoms with van der Waals surface area (Å²) < 4.78 is 7.03. The Morgan fingerprint density at radius 2 is 1.94 bits per heavy atom. The van der Waals surface area contributed by atoms with E-state index in [4.69, 9.17) is 10.00 Å². The van der Waals surface area contributed by atoms with Crippen LogP contribution >= 0.6 is 0 Å². The van der Waals surface area contributed by atoms with Gasteiger partial charge in [0.15, 0.2) is 5.69 Å². The van der Waals surface area contributed by atoms with Crippen molar-refractivity contribution < 1.29 is 4.74 Å². The molecule has 0 aliphatic carbocycles. The van der Waals surface area contributed by atoms with Crippen LogP contribution in [0.4, 0.5) is 0 Å². The number of aromatic nitrogens is 2. The van der Waals surface area contributed by atoms with Gasteiger partial charge in [-0.3, -0.25) is 4.68 Å². The largest absolute Gasteiger partial charge is 0.496 e. The summed E-state index contributed by atoms with van der Waals surface area (Å²) >= 11 is 0. The van der Waals surface area contributed by atoms with Gasteiger partial charge < -0.3 is 4.74 Å². The van der Waals surface area contributed by atoms with Crippen molar-refractivity contribution in [3.63, 3.8) is 0 Å². The molecule has 1 aromatic carbocycles. The van der Waals surface area contributed by atoms with Crippen LogP contribution in [0.2, 0.25) is 0 Å². The summed E-state index contributed by atoms with van der Waals surface area (Å²) in [6.07, 6.45) is 0. The molecule has 0 saturated carbocycles. The summed E-state index contributed by atoms with van der Waals surface area (Å²) in [5, 5.41) is 13.0. The summed E-state index contributed by atoms with van der Waals surface area (Å²) in [6, 6.07) is 7.92. The maximum absolute atomic E-state index is 8.88. The zero-order valence-corrected chi connectivity index (χ0v) is 11.0. The standard InChI is InChI=1S/C14H15N3O/c1-9-6-14(18-4)10(2)5-12(9)13-7-11(8-15)16-17(13)3/h5-7H,1-4H3. The molecule has 0 amide bonds. The maximum atomic E-state index is 8.88. The van der Waals surface area contributed by atoms with Crippen LogP contribution in [-0.2, 0) is 7.05 Å². The lowest BCUT2D eigenvalue weighted by atomic mass is 10.0. The summed E-state index contributed by atoms with van der Waals surface area (Å²) in [5.74, 6) is 0.874. The number of rotatable bonds is 2. The van der Waals surface area contributed by atoms with Crippen molar-refractivity contribution in [1.82, 2.24) is 9.78 Å². The lowest BCUT2D eigenvalue weighted by Gasteiger charge is -2.11. The smallest absolute Gasteiger partial charge is 0.163 e. The highest BCUT2D eigenvalue weighted by Crippen LogP contribution is 2.30. The van der Waals surface area contributed by atoms with Gasteiger partial charge in [-0.25, -0.2) is 0 Å². The van der Waals surface area contributed by atoms with Gasteiger partial charge in [0.05, 0.1) is 12.8 Å². The lowest BCUT2D eigenvalue weighted by Crippen LogP contribution is -1.97. The van der Waals surface area contributed by atoms with Gasteiger partial charge in [-0.15, -0.1) is 0 Å². The average molecular weight is 241 g/mol. The number of aryl methyl sites for hydroxylation is 3. The van der Waals surface area contributed by atoms with E-state index in [1.54, 1.807) is 17.9 Å². The molecule has 1 aromatic heterocycles. The number of methoxy groups -OCH3 is 1. The van der Waals surface area contributed by atoms with Crippen molar-refractivity contribution >= 4 is 0 Å². The fraction of sp³-hybridized carbons (Fsp3) is 0.286. The molecule has 4 heteroatoms. The molecule has 2 aromatic rings. The highest BCUT2D eigenvalue weighted by Gasteiger charge is 2.12. The monoisotopic (exact) mass is 241 g/mol. The Balaban J connectivity index is 2.61. The van der Waals surface area contributed by atoms with E-state index in [-0.39, 0.29) is 0 Å². The second-order valence-corrected chi connectivity index (χ2v) is 4.29. The Hall–Kier alpha value is -2.28. The van der Waals surface area contributed by atoms with Gasteiger partial charge >= 0.3 is 0 Å². The first-order chi connectivity index (χ1) is 8.56. The number of hydrogen-bond donors (Lipinski definition) is 0. The minimum absolute atomic E-state index is 0.431. The quantitative estimate of drug-likeness (QED) is 0.812. The molecule has 92 valence electrons. The fourth-order valence-corrected chi connectivity index (χ4v) is 2.06. The van der Waals surface area contributed by atoms with Crippen molar-refractivity contribution in [3.8, 4) is 23.1 Å². The normalized spacial score (nSPS) is 10.2. The van der Waals surface area contributed by atoms with Crippen molar-refractivity contribution in [2.24, 2.45) is 7.05 Å². The summed E-state index contributed by atoms with van der Waals surface area (Å²) in [4.78, 5) is 0. The Morgan fingerprint density at radius 3 is 2.50 bits per heavy atom. The van der Waals surface area contributed by atoms with Crippen LogP contribution in [-0.4, -0.2) is 16.9 Å². The van der Waals surface area contributed by atoms with E-state index in [2.05, 4.69) is 17.2 Å². The van der Waals surface area contributed by atoms with Crippen molar-refractivity contribution in [1.29, 1.82) is 5.26 Å². The molecule has 0 fully saturated rings. The number of nitriles is 1. The molecule has 0 bridgehead atoms. The Kier molecular flexibility index (Phi) is 3.07. The predicted octanol–water partition coefficient (Wildman–Crippen LogP) is 2.58. The molecule has 0 radical (unpaired) electrons. The van der Waals surface area contributed by atoms with Gasteiger partial charge in [0.1, 0.15) is 11.8 Å². The maximum Gasteiger partial charge on any atom is 0.163 e. The predicted molar refractivity (Wildman–Crippen MR) is 69.4 cm³/mol. The highest BCUT2D eigenvalue weighted by molar-refractivity contribution is 5.67. The first kappa shape index (κ1) is 12.2. The molecule has 0 aliphatic heterocycles. The molecular formula is C14H15N3O. The summed E-state index contributed by atoms with van der Waals surface area (Å²) in [6.45, 7) is 4.03. The van der Waals surface area contributed by atoms with E-state index >= 15 is 0 Å². The number of ether oxygens (including phenoxy) is 1. The van der Waals surface area contributed by atoms with E-state index in [1.807, 2.05) is 27.0 Å². The number of hydrogen-bond acceptors (Lipinski definition) is 3. The van der Waals surface area contributed by atoms with Crippen molar-refractivity contribution in [2.45, 2.75) is 13.8 Å². The number of benzene rings is 1. The molecule has 2 rings (SSSR count). The molecule has 0 N–H and O–H groups in total. The minimum atomic E-state index is 0.431. The number of nitrogens with zero attached hydrogens (tertiary/aromatic N) is 3. The second kappa shape index (κ2) is 4.53. The Bertz CT molecular complexity index is 635. The SMILES string of the molecule is COc1cc(C)c(-c2cc(C#N)nn2C)cc1C. The third-order valence-electron chi connectivity index (χ3n) is 3.01. The lowest BCUT2D eigenvalue weighted by molar-refractivity contribution is 0.411. The van der Waals surface area contributed by atoms with Gasteiger partial charge in [-0.05, 0) is 37.1 Å². The molecular weight excluding hydrogens is 226 g/mol. The molecule has 0 aliphatic rings. The topological polar surface area (TPSA) is 50.8 Å². The van der Waals surface area contributed by atoms with E-state index < -0.39 is 0 Å². The minimum Gasteiger partial charge on any atom is -0.496 e. The zero-order valence-electron chi connectivity index (χ0n) is 11.0. The molecule has 0 unspecified atom stereocenters. The zero-order chi connectivity index (χ0) is 13.3. The van der Waals surface area contributed by atoms with Crippen LogP contribution in [0.3, 0.4) is 0 Å². The van der Waals surface area contributed by atoms with Gasteiger partial charge in [-0.1, -0.05) is 0 Å². The van der Waals surface area contributed by atoms with E-state index in [0.717, 1.165) is 28.1 Å². The van der Waals surface area contributed by atoms with Crippen LogP contribution < -0.4 is 4.74 Å². The molecule has 4 nitrogen and oxygen atoms in total. The van der Waals surface area contributed by atoms with Gasteiger partial charge in [-0.2, -0.15) is 10.4 Å². The van der Waals surface area contributed by atoms with Gasteiger partial charge in [0.2, 0.25) is 0 Å². The highest BCUT2D eigenvalue weighted by atomic mass is 16.5. The molecule has 1 heterocycles. The third kappa shape index (κ3) is 1.95. The van der Waals surface area contributed by atoms with Crippen LogP contribution in [0, 0.1) is 25.2 Å². The Morgan fingerprint density at radius 1 is 1.22 bits per heavy atom. The summed E-state index contributed by atoms with van der Waals surface area (Å²) in [5.41, 5.74) is 4.61. The van der Waals surface area contributed by atoms with Gasteiger partial charge in [0.25, 0.3) is 0 Å². The first-order valence-electron chi connectivity index (χ1n) is 5.66. The van der Waals surface area contributed by atoms with E-state index in [9.17, 15) is 0 Å². The summed E-state index contributed by atoms with van der Waals surface area (Å²) in [7, 11) is 3.51. The van der Waals surface area contributed by atoms with Crippen LogP contribution in [0.1, 0.15) is 16.8 Å². The molecule has 0 atom stereocenters. The van der Waals surface area contributed by atoms with Crippen LogP contribution in [0.25, 0.3) is 11.3 Å². The fourth-order valence-electron chi connectivity index (χ4n) is 2.06. The van der Waals surface area contributed by atoms with Crippen molar-refractivity contribution in [3.05, 3.63) is 35.0 Å². The van der Waals surface area contributed by atoms with Crippen LogP contribution in [0.15, 0.2) is 18.2 Å². The molecule has 0 saturated heterocycles. The van der Waals surface area contributed by atoms with Gasteiger partial charge in [0, 0.05) is 18.7 Å². The second-order valence-electron chi connectivity index (χ2n) is 4.29. The van der Waals surface area contributed by atoms with E-state index in [0.29, 0.717) is 5.69 Å². The molecule has 18 heavy (non-hydrogen) atoms. The first-order valence-corrected chi connectivity index (χ1v) is 5.66. The van der Waals surface area contributed by atoms with E-state index in [1.165, 1.54) is 0 Å². The third-order valence-corrected chi connectivity index (χ3v) is 3.01. The van der Waals surface area contributed by atoms with Crippen LogP contribution in [0.5, 0.6) is 5.75 Å². The average Bonchev–Trinajstić information content (AvgIpc) is 2.73. The van der Waals surface area contributed by atoms with Crippen molar-refractivity contribution in [2.75, 3.05) is 7.11 Å². The Labute approximate surface area is 106 Å².